The molecule has 8 nitrogen and oxygen atoms in total. The van der Waals surface area contributed by atoms with Crippen molar-refractivity contribution in [3.05, 3.63) is 45.2 Å². The van der Waals surface area contributed by atoms with Gasteiger partial charge < -0.3 is 19.5 Å². The Labute approximate surface area is 172 Å². The monoisotopic (exact) mass is 411 g/mol. The minimum Gasteiger partial charge on any atom is -0.497 e. The van der Waals surface area contributed by atoms with Gasteiger partial charge in [0.15, 0.2) is 0 Å². The van der Waals surface area contributed by atoms with E-state index in [-0.39, 0.29) is 10.6 Å². The molecule has 2 aromatic carbocycles. The lowest BCUT2D eigenvalue weighted by molar-refractivity contribution is -0.383. The van der Waals surface area contributed by atoms with Gasteiger partial charge in [0.2, 0.25) is 4.77 Å². The van der Waals surface area contributed by atoms with E-state index in [1.165, 1.54) is 6.07 Å². The summed E-state index contributed by atoms with van der Waals surface area (Å²) in [5, 5.41) is 15.6. The van der Waals surface area contributed by atoms with Crippen molar-refractivity contribution >= 4 is 40.2 Å². The van der Waals surface area contributed by atoms with Crippen LogP contribution in [0.2, 0.25) is 0 Å². The molecule has 1 aliphatic heterocycles. The summed E-state index contributed by atoms with van der Waals surface area (Å²) in [7, 11) is 5.64. The van der Waals surface area contributed by atoms with Gasteiger partial charge in [-0.05, 0) is 63.5 Å². The van der Waals surface area contributed by atoms with Crippen LogP contribution in [0.3, 0.4) is 0 Å². The number of hydrogen-bond donors (Lipinski definition) is 1. The van der Waals surface area contributed by atoms with Gasteiger partial charge in [0, 0.05) is 23.9 Å². The van der Waals surface area contributed by atoms with E-state index in [9.17, 15) is 10.1 Å². The third-order valence-corrected chi connectivity index (χ3v) is 5.36. The topological polar surface area (TPSA) is 85.5 Å². The maximum absolute atomic E-state index is 11.7. The summed E-state index contributed by atoms with van der Waals surface area (Å²) < 4.78 is 7.77. The Hall–Kier alpha value is -3.04. The predicted octanol–water partition coefficient (Wildman–Crippen LogP) is 4.36. The van der Waals surface area contributed by atoms with Gasteiger partial charge in [0.05, 0.1) is 28.6 Å². The highest BCUT2D eigenvalue weighted by atomic mass is 32.1. The second kappa shape index (κ2) is 7.41. The van der Waals surface area contributed by atoms with Crippen molar-refractivity contribution in [2.24, 2.45) is 0 Å². The molecule has 150 valence electrons. The SMILES string of the molecule is COc1ccc2c(c1)-c1nc(=S)n(CCCN(C)C)c3ccc([N+](=O)[O-])c(c13)N2. The lowest BCUT2D eigenvalue weighted by Crippen LogP contribution is -2.17. The highest BCUT2D eigenvalue weighted by molar-refractivity contribution is 7.71. The Bertz CT molecular complexity index is 1190. The van der Waals surface area contributed by atoms with Crippen LogP contribution in [0.1, 0.15) is 6.42 Å². The van der Waals surface area contributed by atoms with Gasteiger partial charge in [0.1, 0.15) is 11.4 Å². The van der Waals surface area contributed by atoms with Crippen LogP contribution in [0.15, 0.2) is 30.3 Å². The summed E-state index contributed by atoms with van der Waals surface area (Å²) in [6.07, 6.45) is 0.890. The molecule has 0 bridgehead atoms. The van der Waals surface area contributed by atoms with Crippen LogP contribution in [0.25, 0.3) is 22.2 Å². The van der Waals surface area contributed by atoms with Gasteiger partial charge in [0.25, 0.3) is 5.69 Å². The number of aryl methyl sites for hydroxylation is 1. The molecule has 1 aromatic heterocycles. The standard InChI is InChI=1S/C20H21N5O3S/c1-23(2)9-4-10-24-15-7-8-16(25(26)27)19-17(15)18(22-20(24)29)13-11-12(28-3)5-6-14(13)21-19/h5-8,11,21H,4,9-10H2,1-3H3. The lowest BCUT2D eigenvalue weighted by Gasteiger charge is -2.24. The molecule has 0 radical (unpaired) electrons. The van der Waals surface area contributed by atoms with Crippen LogP contribution < -0.4 is 10.1 Å². The molecule has 1 N–H and O–H groups in total. The van der Waals surface area contributed by atoms with Gasteiger partial charge in [-0.15, -0.1) is 0 Å². The molecule has 3 aromatic rings. The van der Waals surface area contributed by atoms with E-state index >= 15 is 0 Å². The first kappa shape index (κ1) is 19.3. The average molecular weight is 411 g/mol. The van der Waals surface area contributed by atoms with Crippen molar-refractivity contribution in [3.63, 3.8) is 0 Å². The zero-order valence-corrected chi connectivity index (χ0v) is 17.2. The van der Waals surface area contributed by atoms with Crippen molar-refractivity contribution in [2.75, 3.05) is 33.1 Å². The zero-order valence-electron chi connectivity index (χ0n) is 16.4. The number of hydrogen-bond acceptors (Lipinski definition) is 7. The van der Waals surface area contributed by atoms with Gasteiger partial charge in [-0.2, -0.15) is 0 Å². The Kier molecular flexibility index (Phi) is 4.93. The summed E-state index contributed by atoms with van der Waals surface area (Å²) in [5.74, 6) is 0.683. The Balaban J connectivity index is 1.99. The van der Waals surface area contributed by atoms with Crippen molar-refractivity contribution in [1.82, 2.24) is 14.5 Å². The fraction of sp³-hybridized carbons (Fsp3) is 0.300. The maximum Gasteiger partial charge on any atom is 0.293 e. The summed E-state index contributed by atoms with van der Waals surface area (Å²) in [6.45, 7) is 1.59. The second-order valence-electron chi connectivity index (χ2n) is 7.20. The smallest absolute Gasteiger partial charge is 0.293 e. The minimum atomic E-state index is -0.377. The van der Waals surface area contributed by atoms with Crippen molar-refractivity contribution in [1.29, 1.82) is 0 Å². The number of benzene rings is 2. The number of nitro benzene ring substituents is 1. The molecule has 0 atom stereocenters. The van der Waals surface area contributed by atoms with Crippen molar-refractivity contribution in [2.45, 2.75) is 13.0 Å². The van der Waals surface area contributed by atoms with Gasteiger partial charge in [-0.25, -0.2) is 4.98 Å². The minimum absolute atomic E-state index is 0.0129. The number of fused-ring (bicyclic) bond motifs is 2. The van der Waals surface area contributed by atoms with Gasteiger partial charge in [-0.3, -0.25) is 10.1 Å². The third kappa shape index (κ3) is 3.32. The highest BCUT2D eigenvalue weighted by Gasteiger charge is 2.28. The van der Waals surface area contributed by atoms with E-state index in [2.05, 4.69) is 10.2 Å². The van der Waals surface area contributed by atoms with Crippen LogP contribution in [0, 0.1) is 14.9 Å². The molecular weight excluding hydrogens is 390 g/mol. The highest BCUT2D eigenvalue weighted by Crippen LogP contribution is 2.47. The molecule has 4 rings (SSSR count). The Morgan fingerprint density at radius 2 is 2.10 bits per heavy atom. The fourth-order valence-electron chi connectivity index (χ4n) is 3.68. The molecule has 0 unspecified atom stereocenters. The molecule has 2 heterocycles. The first-order valence-electron chi connectivity index (χ1n) is 9.23. The second-order valence-corrected chi connectivity index (χ2v) is 7.56. The number of rotatable bonds is 6. The van der Waals surface area contributed by atoms with E-state index in [1.54, 1.807) is 13.2 Å². The van der Waals surface area contributed by atoms with Gasteiger partial charge >= 0.3 is 0 Å². The van der Waals surface area contributed by atoms with Crippen molar-refractivity contribution < 1.29 is 9.66 Å². The summed E-state index contributed by atoms with van der Waals surface area (Å²) in [5.41, 5.74) is 3.48. The number of nitrogens with zero attached hydrogens (tertiary/aromatic N) is 4. The fourth-order valence-corrected chi connectivity index (χ4v) is 3.97. The lowest BCUT2D eigenvalue weighted by atomic mass is 9.97. The van der Waals surface area contributed by atoms with E-state index in [1.807, 2.05) is 36.9 Å². The van der Waals surface area contributed by atoms with Crippen LogP contribution >= 0.6 is 12.2 Å². The first-order valence-corrected chi connectivity index (χ1v) is 9.63. The average Bonchev–Trinajstić information content (AvgIpc) is 2.69. The number of aromatic nitrogens is 2. The number of nitro groups is 1. The van der Waals surface area contributed by atoms with Crippen LogP contribution in [0.5, 0.6) is 5.75 Å². The molecule has 29 heavy (non-hydrogen) atoms. The van der Waals surface area contributed by atoms with Crippen LogP contribution in [-0.4, -0.2) is 47.1 Å². The van der Waals surface area contributed by atoms with E-state index in [0.29, 0.717) is 33.8 Å². The van der Waals surface area contributed by atoms with Gasteiger partial charge in [-0.1, -0.05) is 0 Å². The molecule has 0 aliphatic carbocycles. The third-order valence-electron chi connectivity index (χ3n) is 5.05. The summed E-state index contributed by atoms with van der Waals surface area (Å²) in [4.78, 5) is 18.1. The zero-order chi connectivity index (χ0) is 20.7. The quantitative estimate of drug-likeness (QED) is 0.287. The molecule has 0 amide bonds. The molecular formula is C20H21N5O3S. The Morgan fingerprint density at radius 3 is 2.79 bits per heavy atom. The van der Waals surface area contributed by atoms with E-state index in [0.717, 1.165) is 29.7 Å². The van der Waals surface area contributed by atoms with E-state index in [4.69, 9.17) is 21.9 Å². The molecule has 9 heteroatoms. The number of nitrogens with one attached hydrogen (secondary N) is 1. The number of ether oxygens (including phenoxy) is 1. The number of methoxy groups -OCH3 is 1. The van der Waals surface area contributed by atoms with E-state index < -0.39 is 0 Å². The largest absolute Gasteiger partial charge is 0.497 e. The maximum atomic E-state index is 11.7. The normalized spacial score (nSPS) is 12.0. The number of anilines is 2. The first-order chi connectivity index (χ1) is 13.9. The molecule has 0 saturated heterocycles. The summed E-state index contributed by atoms with van der Waals surface area (Å²) >= 11 is 5.61. The molecule has 0 saturated carbocycles. The molecule has 0 spiro atoms. The van der Waals surface area contributed by atoms with Crippen LogP contribution in [0.4, 0.5) is 17.1 Å². The Morgan fingerprint density at radius 1 is 1.31 bits per heavy atom. The van der Waals surface area contributed by atoms with Crippen molar-refractivity contribution in [3.8, 4) is 17.0 Å². The van der Waals surface area contributed by atoms with Crippen LogP contribution in [-0.2, 0) is 6.54 Å². The molecule has 1 aliphatic rings. The predicted molar refractivity (Wildman–Crippen MR) is 116 cm³/mol. The molecule has 0 fully saturated rings. The summed E-state index contributed by atoms with van der Waals surface area (Å²) in [6, 6.07) is 8.81.